The third-order valence-corrected chi connectivity index (χ3v) is 2.30. The summed E-state index contributed by atoms with van der Waals surface area (Å²) in [6, 6.07) is 4.03. The highest BCUT2D eigenvalue weighted by Gasteiger charge is 2.04. The standard InChI is InChI=1S/C11H16N2O/c1-7-4-9(3)10(5-8(7)2)13-11(14)6-12/h4-5H,6,12H2,1-3H3,(H,13,14). The van der Waals surface area contributed by atoms with E-state index in [-0.39, 0.29) is 12.5 Å². The van der Waals surface area contributed by atoms with Crippen LogP contribution in [0.5, 0.6) is 0 Å². The summed E-state index contributed by atoms with van der Waals surface area (Å²) in [5.41, 5.74) is 9.54. The quantitative estimate of drug-likeness (QED) is 0.746. The first kappa shape index (κ1) is 10.7. The van der Waals surface area contributed by atoms with E-state index in [0.29, 0.717) is 0 Å². The third kappa shape index (κ3) is 2.33. The molecule has 3 nitrogen and oxygen atoms in total. The molecule has 0 aliphatic rings. The maximum absolute atomic E-state index is 11.1. The summed E-state index contributed by atoms with van der Waals surface area (Å²) in [5, 5.41) is 2.76. The van der Waals surface area contributed by atoms with Crippen molar-refractivity contribution in [2.45, 2.75) is 20.8 Å². The predicted octanol–water partition coefficient (Wildman–Crippen LogP) is 1.51. The summed E-state index contributed by atoms with van der Waals surface area (Å²) in [6.07, 6.45) is 0. The molecule has 0 spiro atoms. The van der Waals surface area contributed by atoms with E-state index < -0.39 is 0 Å². The Morgan fingerprint density at radius 3 is 2.36 bits per heavy atom. The van der Waals surface area contributed by atoms with E-state index in [9.17, 15) is 4.79 Å². The highest BCUT2D eigenvalue weighted by Crippen LogP contribution is 2.19. The van der Waals surface area contributed by atoms with E-state index >= 15 is 0 Å². The number of hydrogen-bond acceptors (Lipinski definition) is 2. The molecule has 3 N–H and O–H groups in total. The van der Waals surface area contributed by atoms with Gasteiger partial charge in [-0.2, -0.15) is 0 Å². The van der Waals surface area contributed by atoms with Gasteiger partial charge in [-0.15, -0.1) is 0 Å². The van der Waals surface area contributed by atoms with Gasteiger partial charge in [0, 0.05) is 5.69 Å². The Morgan fingerprint density at radius 2 is 1.79 bits per heavy atom. The van der Waals surface area contributed by atoms with Crippen molar-refractivity contribution < 1.29 is 4.79 Å². The van der Waals surface area contributed by atoms with Gasteiger partial charge in [-0.3, -0.25) is 4.79 Å². The van der Waals surface area contributed by atoms with E-state index in [1.807, 2.05) is 19.9 Å². The fraction of sp³-hybridized carbons (Fsp3) is 0.364. The summed E-state index contributed by atoms with van der Waals surface area (Å²) < 4.78 is 0. The molecule has 0 saturated carbocycles. The summed E-state index contributed by atoms with van der Waals surface area (Å²) in [6.45, 7) is 6.06. The molecule has 0 saturated heterocycles. The second-order valence-corrected chi connectivity index (χ2v) is 3.50. The molecule has 0 aliphatic carbocycles. The first-order valence-electron chi connectivity index (χ1n) is 4.62. The molecule has 1 amide bonds. The first-order chi connectivity index (χ1) is 6.54. The van der Waals surface area contributed by atoms with Crippen molar-refractivity contribution in [2.75, 3.05) is 11.9 Å². The number of amides is 1. The van der Waals surface area contributed by atoms with Gasteiger partial charge in [-0.05, 0) is 43.5 Å². The molecule has 14 heavy (non-hydrogen) atoms. The number of nitrogens with one attached hydrogen (secondary N) is 1. The Hall–Kier alpha value is -1.35. The zero-order chi connectivity index (χ0) is 10.7. The van der Waals surface area contributed by atoms with Crippen molar-refractivity contribution >= 4 is 11.6 Å². The highest BCUT2D eigenvalue weighted by atomic mass is 16.1. The SMILES string of the molecule is Cc1cc(C)c(NC(=O)CN)cc1C. The van der Waals surface area contributed by atoms with Crippen LogP contribution in [-0.4, -0.2) is 12.5 Å². The molecule has 0 fully saturated rings. The highest BCUT2D eigenvalue weighted by molar-refractivity contribution is 5.92. The average Bonchev–Trinajstić information content (AvgIpc) is 2.14. The summed E-state index contributed by atoms with van der Waals surface area (Å²) in [4.78, 5) is 11.1. The molecule has 0 heterocycles. The minimum Gasteiger partial charge on any atom is -0.325 e. The Morgan fingerprint density at radius 1 is 1.21 bits per heavy atom. The Balaban J connectivity index is 2.98. The summed E-state index contributed by atoms with van der Waals surface area (Å²) in [5.74, 6) is -0.156. The predicted molar refractivity (Wildman–Crippen MR) is 58.3 cm³/mol. The lowest BCUT2D eigenvalue weighted by Crippen LogP contribution is -2.22. The zero-order valence-corrected chi connectivity index (χ0v) is 8.85. The van der Waals surface area contributed by atoms with E-state index in [1.165, 1.54) is 11.1 Å². The second kappa shape index (κ2) is 4.24. The smallest absolute Gasteiger partial charge is 0.238 e. The van der Waals surface area contributed by atoms with Gasteiger partial charge in [-0.25, -0.2) is 0 Å². The third-order valence-electron chi connectivity index (χ3n) is 2.30. The van der Waals surface area contributed by atoms with Crippen molar-refractivity contribution in [1.82, 2.24) is 0 Å². The van der Waals surface area contributed by atoms with E-state index in [1.54, 1.807) is 0 Å². The zero-order valence-electron chi connectivity index (χ0n) is 8.85. The van der Waals surface area contributed by atoms with Crippen LogP contribution in [-0.2, 0) is 4.79 Å². The molecule has 0 atom stereocenters. The molecule has 1 rings (SSSR count). The Labute approximate surface area is 84.3 Å². The van der Waals surface area contributed by atoms with Gasteiger partial charge >= 0.3 is 0 Å². The molecule has 3 heteroatoms. The molecule has 1 aromatic rings. The van der Waals surface area contributed by atoms with Crippen LogP contribution in [0.25, 0.3) is 0 Å². The topological polar surface area (TPSA) is 55.1 Å². The van der Waals surface area contributed by atoms with Gasteiger partial charge in [0.05, 0.1) is 6.54 Å². The van der Waals surface area contributed by atoms with Crippen molar-refractivity contribution in [3.8, 4) is 0 Å². The first-order valence-corrected chi connectivity index (χ1v) is 4.62. The van der Waals surface area contributed by atoms with Gasteiger partial charge in [-0.1, -0.05) is 6.07 Å². The molecule has 0 radical (unpaired) electrons. The minimum absolute atomic E-state index is 0.0202. The minimum atomic E-state index is -0.156. The number of hydrogen-bond donors (Lipinski definition) is 2. The van der Waals surface area contributed by atoms with Gasteiger partial charge in [0.1, 0.15) is 0 Å². The Bertz CT molecular complexity index is 359. The van der Waals surface area contributed by atoms with Crippen LogP contribution in [0.1, 0.15) is 16.7 Å². The number of nitrogens with two attached hydrogens (primary N) is 1. The molecule has 1 aromatic carbocycles. The molecule has 0 unspecified atom stereocenters. The second-order valence-electron chi connectivity index (χ2n) is 3.50. The number of rotatable bonds is 2. The van der Waals surface area contributed by atoms with Gasteiger partial charge in [0.15, 0.2) is 0 Å². The number of anilines is 1. The summed E-state index contributed by atoms with van der Waals surface area (Å²) in [7, 11) is 0. The molecule has 0 bridgehead atoms. The van der Waals surface area contributed by atoms with Crippen LogP contribution >= 0.6 is 0 Å². The van der Waals surface area contributed by atoms with Crippen molar-refractivity contribution in [1.29, 1.82) is 0 Å². The van der Waals surface area contributed by atoms with Crippen LogP contribution in [0.2, 0.25) is 0 Å². The van der Waals surface area contributed by atoms with Crippen LogP contribution in [0, 0.1) is 20.8 Å². The van der Waals surface area contributed by atoms with Crippen molar-refractivity contribution in [3.05, 3.63) is 28.8 Å². The van der Waals surface area contributed by atoms with Gasteiger partial charge < -0.3 is 11.1 Å². The van der Waals surface area contributed by atoms with Crippen LogP contribution in [0.15, 0.2) is 12.1 Å². The fourth-order valence-electron chi connectivity index (χ4n) is 1.30. The maximum Gasteiger partial charge on any atom is 0.238 e. The average molecular weight is 192 g/mol. The number of carbonyl (C=O) groups is 1. The largest absolute Gasteiger partial charge is 0.325 e. The van der Waals surface area contributed by atoms with E-state index in [4.69, 9.17) is 5.73 Å². The molecule has 0 aromatic heterocycles. The molecular formula is C11H16N2O. The fourth-order valence-corrected chi connectivity index (χ4v) is 1.30. The van der Waals surface area contributed by atoms with Gasteiger partial charge in [0.2, 0.25) is 5.91 Å². The van der Waals surface area contributed by atoms with Crippen LogP contribution in [0.4, 0.5) is 5.69 Å². The van der Waals surface area contributed by atoms with Crippen LogP contribution < -0.4 is 11.1 Å². The van der Waals surface area contributed by atoms with Gasteiger partial charge in [0.25, 0.3) is 0 Å². The lowest BCUT2D eigenvalue weighted by atomic mass is 10.1. The maximum atomic E-state index is 11.1. The lowest BCUT2D eigenvalue weighted by molar-refractivity contribution is -0.114. The molecular weight excluding hydrogens is 176 g/mol. The Kier molecular flexibility index (Phi) is 3.25. The number of benzene rings is 1. The van der Waals surface area contributed by atoms with E-state index in [0.717, 1.165) is 11.3 Å². The van der Waals surface area contributed by atoms with Crippen LogP contribution in [0.3, 0.4) is 0 Å². The van der Waals surface area contributed by atoms with Crippen molar-refractivity contribution in [2.24, 2.45) is 5.73 Å². The number of aryl methyl sites for hydroxylation is 3. The number of carbonyl (C=O) groups excluding carboxylic acids is 1. The van der Waals surface area contributed by atoms with E-state index in [2.05, 4.69) is 18.3 Å². The van der Waals surface area contributed by atoms with Crippen molar-refractivity contribution in [3.63, 3.8) is 0 Å². The lowest BCUT2D eigenvalue weighted by Gasteiger charge is -2.10. The normalized spacial score (nSPS) is 10.0. The summed E-state index contributed by atoms with van der Waals surface area (Å²) >= 11 is 0. The monoisotopic (exact) mass is 192 g/mol. The molecule has 76 valence electrons. The molecule has 0 aliphatic heterocycles.